The highest BCUT2D eigenvalue weighted by atomic mass is 35.5. The monoisotopic (exact) mass is 528 g/mol. The van der Waals surface area contributed by atoms with Crippen LogP contribution in [-0.4, -0.2) is 99.1 Å². The Morgan fingerprint density at radius 3 is 2.76 bits per heavy atom. The number of hydrogen-bond acceptors (Lipinski definition) is 12. The Morgan fingerprint density at radius 2 is 2.03 bits per heavy atom. The second kappa shape index (κ2) is 11.2. The van der Waals surface area contributed by atoms with Crippen molar-refractivity contribution in [2.45, 2.75) is 6.42 Å². The van der Waals surface area contributed by atoms with Gasteiger partial charge >= 0.3 is 0 Å². The van der Waals surface area contributed by atoms with E-state index in [2.05, 4.69) is 39.7 Å². The van der Waals surface area contributed by atoms with E-state index >= 15 is 0 Å². The van der Waals surface area contributed by atoms with Gasteiger partial charge in [0.1, 0.15) is 23.6 Å². The first-order valence-electron chi connectivity index (χ1n) is 12.0. The molecule has 4 aromatic heterocycles. The van der Waals surface area contributed by atoms with Crippen LogP contribution in [0.1, 0.15) is 6.42 Å². The molecule has 1 saturated heterocycles. The van der Waals surface area contributed by atoms with Gasteiger partial charge in [0, 0.05) is 71.5 Å². The zero-order valence-electron chi connectivity index (χ0n) is 20.5. The minimum atomic E-state index is 0.0896. The Morgan fingerprint density at radius 1 is 1.19 bits per heavy atom. The van der Waals surface area contributed by atoms with E-state index in [0.717, 1.165) is 45.1 Å². The molecule has 1 aliphatic rings. The number of piperazine rings is 1. The molecule has 5 heterocycles. The first-order valence-corrected chi connectivity index (χ1v) is 12.4. The standard InChI is InChI=1S/C23H29ClN10O3/c1-31(18-14-19-28-20(22-26-3-12-37-22)30-34(19)23(25)29-18)4-5-32-6-8-33(9-7-32)21-17(24)13-16(15-27-21)36-11-2-10-35/h3,12-15,35H,2,4-11H2,1H3,(H2,25,29). The van der Waals surface area contributed by atoms with Gasteiger partial charge in [-0.25, -0.2) is 15.0 Å². The minimum Gasteiger partial charge on any atom is -0.492 e. The number of halogens is 1. The van der Waals surface area contributed by atoms with E-state index in [1.165, 1.54) is 10.8 Å². The maximum Gasteiger partial charge on any atom is 0.266 e. The average Bonchev–Trinajstić information content (AvgIpc) is 3.58. The van der Waals surface area contributed by atoms with Crippen LogP contribution in [0, 0.1) is 0 Å². The maximum absolute atomic E-state index is 8.89. The summed E-state index contributed by atoms with van der Waals surface area (Å²) in [5.74, 6) is 3.01. The molecule has 0 bridgehead atoms. The highest BCUT2D eigenvalue weighted by Gasteiger charge is 2.21. The lowest BCUT2D eigenvalue weighted by molar-refractivity contribution is 0.233. The summed E-state index contributed by atoms with van der Waals surface area (Å²) in [6.07, 6.45) is 5.26. The predicted molar refractivity (Wildman–Crippen MR) is 139 cm³/mol. The van der Waals surface area contributed by atoms with E-state index < -0.39 is 0 Å². The number of anilines is 3. The number of fused-ring (bicyclic) bond motifs is 1. The van der Waals surface area contributed by atoms with Gasteiger partial charge in [-0.3, -0.25) is 4.90 Å². The quantitative estimate of drug-likeness (QED) is 0.287. The highest BCUT2D eigenvalue weighted by molar-refractivity contribution is 6.33. The molecule has 0 radical (unpaired) electrons. The van der Waals surface area contributed by atoms with Crippen LogP contribution in [0.25, 0.3) is 17.4 Å². The molecule has 196 valence electrons. The van der Waals surface area contributed by atoms with Crippen molar-refractivity contribution in [2.24, 2.45) is 0 Å². The van der Waals surface area contributed by atoms with Crippen molar-refractivity contribution in [3.8, 4) is 17.5 Å². The molecule has 1 aliphatic heterocycles. The van der Waals surface area contributed by atoms with Crippen molar-refractivity contribution in [2.75, 3.05) is 75.1 Å². The minimum absolute atomic E-state index is 0.0896. The third-order valence-electron chi connectivity index (χ3n) is 6.14. The van der Waals surface area contributed by atoms with E-state index in [4.69, 9.17) is 31.6 Å². The number of pyridine rings is 1. The number of nitrogen functional groups attached to an aromatic ring is 1. The lowest BCUT2D eigenvalue weighted by atomic mass is 10.3. The van der Waals surface area contributed by atoms with Gasteiger partial charge in [0.25, 0.3) is 5.89 Å². The Hall–Kier alpha value is -3.68. The summed E-state index contributed by atoms with van der Waals surface area (Å²) < 4.78 is 12.3. The van der Waals surface area contributed by atoms with Crippen LogP contribution in [-0.2, 0) is 0 Å². The Bertz CT molecular complexity index is 1320. The second-order valence-electron chi connectivity index (χ2n) is 8.67. The molecule has 0 unspecified atom stereocenters. The van der Waals surface area contributed by atoms with Crippen LogP contribution in [0.3, 0.4) is 0 Å². The fourth-order valence-corrected chi connectivity index (χ4v) is 4.36. The molecule has 0 amide bonds. The first kappa shape index (κ1) is 25.0. The molecule has 1 fully saturated rings. The van der Waals surface area contributed by atoms with Crippen molar-refractivity contribution in [1.82, 2.24) is 34.4 Å². The fraction of sp³-hybridized carbons (Fsp3) is 0.435. The molecule has 0 saturated carbocycles. The van der Waals surface area contributed by atoms with Gasteiger partial charge in [0.15, 0.2) is 5.65 Å². The predicted octanol–water partition coefficient (Wildman–Crippen LogP) is 1.43. The van der Waals surface area contributed by atoms with Gasteiger partial charge in [0.05, 0.1) is 24.0 Å². The molecule has 13 nitrogen and oxygen atoms in total. The van der Waals surface area contributed by atoms with Gasteiger partial charge < -0.3 is 29.8 Å². The summed E-state index contributed by atoms with van der Waals surface area (Å²) in [5.41, 5.74) is 6.72. The Labute approximate surface area is 218 Å². The van der Waals surface area contributed by atoms with Gasteiger partial charge in [-0.05, 0) is 0 Å². The number of rotatable bonds is 10. The van der Waals surface area contributed by atoms with Crippen molar-refractivity contribution in [1.29, 1.82) is 0 Å². The average molecular weight is 529 g/mol. The lowest BCUT2D eigenvalue weighted by Crippen LogP contribution is -2.48. The molecule has 5 rings (SSSR count). The number of likely N-dealkylation sites (N-methyl/N-ethyl adjacent to an activating group) is 1. The topological polar surface area (TPSA) is 147 Å². The zero-order chi connectivity index (χ0) is 25.8. The third-order valence-corrected chi connectivity index (χ3v) is 6.42. The van der Waals surface area contributed by atoms with Crippen molar-refractivity contribution in [3.05, 3.63) is 35.8 Å². The molecule has 0 atom stereocenters. The number of nitrogens with zero attached hydrogens (tertiary/aromatic N) is 9. The number of aromatic nitrogens is 6. The summed E-state index contributed by atoms with van der Waals surface area (Å²) in [6, 6.07) is 3.63. The summed E-state index contributed by atoms with van der Waals surface area (Å²) in [6.45, 7) is 5.57. The summed E-state index contributed by atoms with van der Waals surface area (Å²) in [7, 11) is 1.98. The molecule has 0 spiro atoms. The van der Waals surface area contributed by atoms with Crippen molar-refractivity contribution in [3.63, 3.8) is 0 Å². The normalized spacial score (nSPS) is 14.4. The SMILES string of the molecule is CN(CCN1CCN(c2ncc(OCCCO)cc2Cl)CC1)c1cc2nc(-c3ncco3)nn2c(N)n1. The van der Waals surface area contributed by atoms with Crippen LogP contribution in [0.5, 0.6) is 5.75 Å². The summed E-state index contributed by atoms with van der Waals surface area (Å²) in [5, 5.41) is 13.8. The highest BCUT2D eigenvalue weighted by Crippen LogP contribution is 2.28. The lowest BCUT2D eigenvalue weighted by Gasteiger charge is -2.36. The fourth-order valence-electron chi connectivity index (χ4n) is 4.09. The number of oxazole rings is 1. The van der Waals surface area contributed by atoms with Gasteiger partial charge in [0.2, 0.25) is 11.8 Å². The number of hydrogen-bond donors (Lipinski definition) is 2. The molecule has 0 aromatic carbocycles. The second-order valence-corrected chi connectivity index (χ2v) is 9.07. The van der Waals surface area contributed by atoms with E-state index in [-0.39, 0.29) is 12.6 Å². The van der Waals surface area contributed by atoms with E-state index in [1.807, 2.05) is 13.1 Å². The molecular formula is C23H29ClN10O3. The van der Waals surface area contributed by atoms with Gasteiger partial charge in [-0.15, -0.1) is 5.10 Å². The number of nitrogens with two attached hydrogens (primary N) is 1. The van der Waals surface area contributed by atoms with Crippen LogP contribution in [0.2, 0.25) is 5.02 Å². The molecule has 0 aliphatic carbocycles. The van der Waals surface area contributed by atoms with E-state index in [0.29, 0.717) is 47.0 Å². The third kappa shape index (κ3) is 5.68. The summed E-state index contributed by atoms with van der Waals surface area (Å²) in [4.78, 5) is 24.2. The number of ether oxygens (including phenoxy) is 1. The smallest absolute Gasteiger partial charge is 0.266 e. The van der Waals surface area contributed by atoms with Gasteiger partial charge in [-0.1, -0.05) is 11.6 Å². The molecule has 3 N–H and O–H groups in total. The van der Waals surface area contributed by atoms with Crippen LogP contribution in [0.15, 0.2) is 35.2 Å². The zero-order valence-corrected chi connectivity index (χ0v) is 21.3. The molecule has 14 heteroatoms. The molecule has 4 aromatic rings. The summed E-state index contributed by atoms with van der Waals surface area (Å²) >= 11 is 6.48. The van der Waals surface area contributed by atoms with Gasteiger partial charge in [-0.2, -0.15) is 9.50 Å². The van der Waals surface area contributed by atoms with Crippen LogP contribution in [0.4, 0.5) is 17.6 Å². The maximum atomic E-state index is 8.89. The van der Waals surface area contributed by atoms with Crippen LogP contribution < -0.4 is 20.3 Å². The van der Waals surface area contributed by atoms with E-state index in [1.54, 1.807) is 18.5 Å². The number of aliphatic hydroxyl groups excluding tert-OH is 1. The van der Waals surface area contributed by atoms with E-state index in [9.17, 15) is 0 Å². The van der Waals surface area contributed by atoms with Crippen molar-refractivity contribution < 1.29 is 14.3 Å². The first-order chi connectivity index (χ1) is 18.0. The Kier molecular flexibility index (Phi) is 7.53. The van der Waals surface area contributed by atoms with Crippen molar-refractivity contribution >= 4 is 34.8 Å². The molecule has 37 heavy (non-hydrogen) atoms. The van der Waals surface area contributed by atoms with Crippen LogP contribution >= 0.6 is 11.6 Å². The molecular weight excluding hydrogens is 500 g/mol. The number of aliphatic hydroxyl groups is 1. The largest absolute Gasteiger partial charge is 0.492 e. The Balaban J connectivity index is 1.15.